The molecule has 0 atom stereocenters. The SMILES string of the molecule is O=C(Nc1cccs1)NC1CCCCCCCCCCC1. The van der Waals surface area contributed by atoms with E-state index in [2.05, 4.69) is 10.6 Å². The lowest BCUT2D eigenvalue weighted by Gasteiger charge is -2.19. The first-order chi connectivity index (χ1) is 10.3. The van der Waals surface area contributed by atoms with Crippen LogP contribution in [-0.2, 0) is 0 Å². The third-order valence-electron chi connectivity index (χ3n) is 4.20. The second-order valence-corrected chi connectivity index (χ2v) is 6.98. The van der Waals surface area contributed by atoms with Crippen molar-refractivity contribution in [2.75, 3.05) is 5.32 Å². The zero-order valence-corrected chi connectivity index (χ0v) is 13.7. The second kappa shape index (κ2) is 9.82. The molecule has 1 saturated carbocycles. The van der Waals surface area contributed by atoms with Crippen LogP contribution in [-0.4, -0.2) is 12.1 Å². The van der Waals surface area contributed by atoms with E-state index in [4.69, 9.17) is 0 Å². The number of amides is 2. The minimum Gasteiger partial charge on any atom is -0.335 e. The molecule has 21 heavy (non-hydrogen) atoms. The molecule has 2 N–H and O–H groups in total. The van der Waals surface area contributed by atoms with Gasteiger partial charge in [0.1, 0.15) is 0 Å². The highest BCUT2D eigenvalue weighted by Gasteiger charge is 2.12. The van der Waals surface area contributed by atoms with Crippen molar-refractivity contribution in [3.8, 4) is 0 Å². The number of carbonyl (C=O) groups is 1. The molecule has 1 aliphatic carbocycles. The van der Waals surface area contributed by atoms with E-state index in [0.29, 0.717) is 6.04 Å². The third kappa shape index (κ3) is 6.98. The van der Waals surface area contributed by atoms with Gasteiger partial charge < -0.3 is 5.32 Å². The van der Waals surface area contributed by atoms with E-state index in [1.54, 1.807) is 11.3 Å². The first kappa shape index (κ1) is 16.3. The van der Waals surface area contributed by atoms with Gasteiger partial charge in [0.15, 0.2) is 0 Å². The number of anilines is 1. The minimum atomic E-state index is -0.0467. The van der Waals surface area contributed by atoms with E-state index in [1.165, 1.54) is 57.8 Å². The zero-order valence-electron chi connectivity index (χ0n) is 12.9. The van der Waals surface area contributed by atoms with Gasteiger partial charge in [-0.05, 0) is 30.4 Å². The number of hydrogen-bond donors (Lipinski definition) is 2. The van der Waals surface area contributed by atoms with Gasteiger partial charge >= 0.3 is 6.03 Å². The predicted molar refractivity (Wildman–Crippen MR) is 91.0 cm³/mol. The van der Waals surface area contributed by atoms with Gasteiger partial charge in [-0.2, -0.15) is 0 Å². The van der Waals surface area contributed by atoms with Crippen molar-refractivity contribution in [1.82, 2.24) is 5.32 Å². The Kier molecular flexibility index (Phi) is 7.65. The third-order valence-corrected chi connectivity index (χ3v) is 4.98. The molecular formula is C17H28N2OS. The molecule has 1 aliphatic rings. The molecule has 0 radical (unpaired) electrons. The lowest BCUT2D eigenvalue weighted by atomic mass is 9.98. The largest absolute Gasteiger partial charge is 0.335 e. The van der Waals surface area contributed by atoms with Gasteiger partial charge in [-0.1, -0.05) is 57.8 Å². The van der Waals surface area contributed by atoms with Crippen LogP contribution in [0.4, 0.5) is 9.80 Å². The molecule has 1 aromatic rings. The van der Waals surface area contributed by atoms with E-state index < -0.39 is 0 Å². The summed E-state index contributed by atoms with van der Waals surface area (Å²) in [5.41, 5.74) is 0. The lowest BCUT2D eigenvalue weighted by Crippen LogP contribution is -2.37. The Morgan fingerprint density at radius 1 is 0.952 bits per heavy atom. The number of nitrogens with one attached hydrogen (secondary N) is 2. The summed E-state index contributed by atoms with van der Waals surface area (Å²) < 4.78 is 0. The molecule has 4 heteroatoms. The number of carbonyl (C=O) groups excluding carboxylic acids is 1. The summed E-state index contributed by atoms with van der Waals surface area (Å²) in [5, 5.41) is 8.98. The molecular weight excluding hydrogens is 280 g/mol. The maximum Gasteiger partial charge on any atom is 0.320 e. The molecule has 2 amide bonds. The van der Waals surface area contributed by atoms with Gasteiger partial charge in [-0.15, -0.1) is 11.3 Å². The Hall–Kier alpha value is -1.03. The maximum atomic E-state index is 12.0. The van der Waals surface area contributed by atoms with Crippen molar-refractivity contribution in [3.05, 3.63) is 17.5 Å². The summed E-state index contributed by atoms with van der Waals surface area (Å²) in [7, 11) is 0. The van der Waals surface area contributed by atoms with Gasteiger partial charge in [0.2, 0.25) is 0 Å². The van der Waals surface area contributed by atoms with Crippen LogP contribution in [0.25, 0.3) is 0 Å². The summed E-state index contributed by atoms with van der Waals surface area (Å²) in [6.45, 7) is 0. The van der Waals surface area contributed by atoms with E-state index in [1.807, 2.05) is 17.5 Å². The average molecular weight is 308 g/mol. The number of rotatable bonds is 2. The quantitative estimate of drug-likeness (QED) is 0.739. The molecule has 0 saturated heterocycles. The molecule has 1 aromatic heterocycles. The van der Waals surface area contributed by atoms with Crippen LogP contribution >= 0.6 is 11.3 Å². The average Bonchev–Trinajstić information content (AvgIpc) is 2.94. The fourth-order valence-corrected chi connectivity index (χ4v) is 3.60. The highest BCUT2D eigenvalue weighted by atomic mass is 32.1. The van der Waals surface area contributed by atoms with Crippen LogP contribution < -0.4 is 10.6 Å². The minimum absolute atomic E-state index is 0.0467. The van der Waals surface area contributed by atoms with Crippen molar-refractivity contribution in [2.45, 2.75) is 76.7 Å². The van der Waals surface area contributed by atoms with E-state index in [-0.39, 0.29) is 6.03 Å². The highest BCUT2D eigenvalue weighted by molar-refractivity contribution is 7.14. The van der Waals surface area contributed by atoms with E-state index >= 15 is 0 Å². The zero-order chi connectivity index (χ0) is 14.8. The van der Waals surface area contributed by atoms with Crippen molar-refractivity contribution in [2.24, 2.45) is 0 Å². The van der Waals surface area contributed by atoms with E-state index in [0.717, 1.165) is 17.8 Å². The molecule has 0 spiro atoms. The first-order valence-corrected chi connectivity index (χ1v) is 9.33. The van der Waals surface area contributed by atoms with Crippen molar-refractivity contribution in [3.63, 3.8) is 0 Å². The molecule has 1 heterocycles. The van der Waals surface area contributed by atoms with Crippen LogP contribution in [0.5, 0.6) is 0 Å². The first-order valence-electron chi connectivity index (χ1n) is 8.45. The Morgan fingerprint density at radius 2 is 1.52 bits per heavy atom. The fourth-order valence-electron chi connectivity index (χ4n) is 2.99. The topological polar surface area (TPSA) is 41.1 Å². The molecule has 0 unspecified atom stereocenters. The van der Waals surface area contributed by atoms with Crippen LogP contribution in [0.2, 0.25) is 0 Å². The molecule has 1 fully saturated rings. The maximum absolute atomic E-state index is 12.0. The summed E-state index contributed by atoms with van der Waals surface area (Å²) in [5.74, 6) is 0. The summed E-state index contributed by atoms with van der Waals surface area (Å²) in [6.07, 6.45) is 14.2. The highest BCUT2D eigenvalue weighted by Crippen LogP contribution is 2.18. The van der Waals surface area contributed by atoms with Crippen LogP contribution in [0, 0.1) is 0 Å². The second-order valence-electron chi connectivity index (χ2n) is 6.03. The molecule has 0 aromatic carbocycles. The molecule has 3 nitrogen and oxygen atoms in total. The smallest absolute Gasteiger partial charge is 0.320 e. The van der Waals surface area contributed by atoms with E-state index in [9.17, 15) is 4.79 Å². The number of urea groups is 1. The van der Waals surface area contributed by atoms with Gasteiger partial charge in [-0.25, -0.2) is 4.79 Å². The monoisotopic (exact) mass is 308 g/mol. The Morgan fingerprint density at radius 3 is 2.05 bits per heavy atom. The Bertz CT molecular complexity index is 380. The van der Waals surface area contributed by atoms with Gasteiger partial charge in [0.25, 0.3) is 0 Å². The Balaban J connectivity index is 1.75. The standard InChI is InChI=1S/C17H28N2OS/c20-17(19-16-13-10-14-21-16)18-15-11-8-6-4-2-1-3-5-7-9-12-15/h10,13-15H,1-9,11-12H2,(H2,18,19,20). The fraction of sp³-hybridized carbons (Fsp3) is 0.706. The molecule has 0 aliphatic heterocycles. The predicted octanol–water partition coefficient (Wildman–Crippen LogP) is 5.54. The number of hydrogen-bond acceptors (Lipinski definition) is 2. The van der Waals surface area contributed by atoms with Gasteiger partial charge in [0.05, 0.1) is 5.00 Å². The number of thiophene rings is 1. The molecule has 118 valence electrons. The molecule has 0 bridgehead atoms. The van der Waals surface area contributed by atoms with Crippen molar-refractivity contribution < 1.29 is 4.79 Å². The van der Waals surface area contributed by atoms with Gasteiger partial charge in [-0.3, -0.25) is 5.32 Å². The Labute approximate surface area is 132 Å². The van der Waals surface area contributed by atoms with Crippen LogP contribution in [0.15, 0.2) is 17.5 Å². The van der Waals surface area contributed by atoms with Crippen molar-refractivity contribution >= 4 is 22.4 Å². The normalized spacial score (nSPS) is 19.2. The molecule has 2 rings (SSSR count). The summed E-state index contributed by atoms with van der Waals surface area (Å²) in [4.78, 5) is 12.0. The summed E-state index contributed by atoms with van der Waals surface area (Å²) >= 11 is 1.56. The van der Waals surface area contributed by atoms with Gasteiger partial charge in [0, 0.05) is 6.04 Å². The van der Waals surface area contributed by atoms with Crippen LogP contribution in [0.1, 0.15) is 70.6 Å². The van der Waals surface area contributed by atoms with Crippen molar-refractivity contribution in [1.29, 1.82) is 0 Å². The van der Waals surface area contributed by atoms with Crippen LogP contribution in [0.3, 0.4) is 0 Å². The lowest BCUT2D eigenvalue weighted by molar-refractivity contribution is 0.246. The summed E-state index contributed by atoms with van der Waals surface area (Å²) in [6, 6.07) is 4.18.